The summed E-state index contributed by atoms with van der Waals surface area (Å²) in [5, 5.41) is 24.6. The normalized spacial score (nSPS) is 21.2. The summed E-state index contributed by atoms with van der Waals surface area (Å²) in [6.07, 6.45) is 2.09. The molecular weight excluding hydrogens is 486 g/mol. The highest BCUT2D eigenvalue weighted by Gasteiger charge is 2.47. The zero-order chi connectivity index (χ0) is 26.3. The van der Waals surface area contributed by atoms with Crippen LogP contribution in [-0.4, -0.2) is 31.1 Å². The summed E-state index contributed by atoms with van der Waals surface area (Å²) in [5.41, 5.74) is -0.239. The van der Waals surface area contributed by atoms with Crippen molar-refractivity contribution in [2.45, 2.75) is 59.0 Å². The van der Waals surface area contributed by atoms with Crippen molar-refractivity contribution in [3.8, 4) is 10.6 Å². The SMILES string of the molecule is Cc1cc(Nc2cc(C(F)F)ccn2)nc(-c2cnc(C(C)(O)[C@H]3CC[C@H](C(=O)O)C(C)(C)C3)s2)c1. The lowest BCUT2D eigenvalue weighted by Gasteiger charge is -2.44. The number of carboxylic acids is 1. The van der Waals surface area contributed by atoms with Gasteiger partial charge >= 0.3 is 5.97 Å². The number of nitrogens with one attached hydrogen (secondary N) is 1. The van der Waals surface area contributed by atoms with Crippen LogP contribution in [0.1, 0.15) is 62.6 Å². The molecule has 0 saturated heterocycles. The summed E-state index contributed by atoms with van der Waals surface area (Å²) in [7, 11) is 0. The first kappa shape index (κ1) is 26.1. The largest absolute Gasteiger partial charge is 0.481 e. The maximum atomic E-state index is 13.0. The van der Waals surface area contributed by atoms with E-state index in [-0.39, 0.29) is 17.3 Å². The van der Waals surface area contributed by atoms with E-state index in [0.29, 0.717) is 35.8 Å². The number of anilines is 2. The molecule has 3 heterocycles. The zero-order valence-corrected chi connectivity index (χ0v) is 21.4. The number of thiazole rings is 1. The first-order valence-electron chi connectivity index (χ1n) is 11.8. The fraction of sp³-hybridized carbons (Fsp3) is 0.462. The lowest BCUT2D eigenvalue weighted by atomic mass is 9.62. The molecule has 0 aromatic carbocycles. The average Bonchev–Trinajstić information content (AvgIpc) is 3.29. The Kier molecular flexibility index (Phi) is 7.12. The van der Waals surface area contributed by atoms with Gasteiger partial charge in [-0.15, -0.1) is 11.3 Å². The molecule has 1 unspecified atom stereocenters. The van der Waals surface area contributed by atoms with E-state index in [9.17, 15) is 23.8 Å². The molecule has 1 saturated carbocycles. The molecule has 1 fully saturated rings. The minimum absolute atomic E-state index is 0.127. The van der Waals surface area contributed by atoms with Gasteiger partial charge in [-0.25, -0.2) is 23.7 Å². The van der Waals surface area contributed by atoms with Crippen LogP contribution in [-0.2, 0) is 10.4 Å². The van der Waals surface area contributed by atoms with Gasteiger partial charge in [0.1, 0.15) is 22.2 Å². The van der Waals surface area contributed by atoms with Crippen LogP contribution in [0.4, 0.5) is 20.4 Å². The third kappa shape index (κ3) is 5.39. The number of carboxylic acid groups (broad SMARTS) is 1. The number of rotatable bonds is 7. The van der Waals surface area contributed by atoms with Crippen molar-refractivity contribution in [2.24, 2.45) is 17.3 Å². The summed E-state index contributed by atoms with van der Waals surface area (Å²) in [6, 6.07) is 6.24. The Balaban J connectivity index is 1.56. The van der Waals surface area contributed by atoms with Crippen LogP contribution in [0.3, 0.4) is 0 Å². The molecule has 0 bridgehead atoms. The Morgan fingerprint density at radius 1 is 1.22 bits per heavy atom. The van der Waals surface area contributed by atoms with Gasteiger partial charge in [0.05, 0.1) is 16.5 Å². The number of hydrogen-bond acceptors (Lipinski definition) is 7. The molecule has 0 spiro atoms. The van der Waals surface area contributed by atoms with Gasteiger partial charge in [-0.3, -0.25) is 4.79 Å². The van der Waals surface area contributed by atoms with Crippen molar-refractivity contribution in [1.29, 1.82) is 0 Å². The number of carbonyl (C=O) groups is 1. The van der Waals surface area contributed by atoms with Gasteiger partial charge in [0.2, 0.25) is 0 Å². The highest BCUT2D eigenvalue weighted by molar-refractivity contribution is 7.15. The second-order valence-electron chi connectivity index (χ2n) is 10.4. The summed E-state index contributed by atoms with van der Waals surface area (Å²) >= 11 is 1.34. The molecule has 1 aliphatic carbocycles. The Hall–Kier alpha value is -2.98. The quantitative estimate of drug-likeness (QED) is 0.337. The zero-order valence-electron chi connectivity index (χ0n) is 20.6. The fourth-order valence-electron chi connectivity index (χ4n) is 5.02. The van der Waals surface area contributed by atoms with Crippen molar-refractivity contribution in [3.05, 3.63) is 52.8 Å². The maximum Gasteiger partial charge on any atom is 0.307 e. The Bertz CT molecular complexity index is 1260. The molecule has 0 radical (unpaired) electrons. The molecule has 3 aromatic heterocycles. The van der Waals surface area contributed by atoms with Crippen LogP contribution in [0, 0.1) is 24.2 Å². The van der Waals surface area contributed by atoms with Crippen molar-refractivity contribution < 1.29 is 23.8 Å². The van der Waals surface area contributed by atoms with E-state index in [2.05, 4.69) is 20.3 Å². The van der Waals surface area contributed by atoms with Crippen molar-refractivity contribution in [2.75, 3.05) is 5.32 Å². The van der Waals surface area contributed by atoms with Crippen LogP contribution in [0.15, 0.2) is 36.7 Å². The van der Waals surface area contributed by atoms with E-state index in [1.54, 1.807) is 19.2 Å². The van der Waals surface area contributed by atoms with Gasteiger partial charge in [-0.05, 0) is 74.3 Å². The summed E-state index contributed by atoms with van der Waals surface area (Å²) < 4.78 is 26.1. The van der Waals surface area contributed by atoms with Crippen molar-refractivity contribution in [3.63, 3.8) is 0 Å². The van der Waals surface area contributed by atoms with Gasteiger partial charge < -0.3 is 15.5 Å². The molecule has 3 N–H and O–H groups in total. The Labute approximate surface area is 212 Å². The molecule has 3 atom stereocenters. The lowest BCUT2D eigenvalue weighted by Crippen LogP contribution is -2.43. The standard InChI is InChI=1S/C26H30F2N4O3S/c1-14-9-18(31-21(10-14)32-20-11-15(22(27)28)7-8-29-20)19-13-30-24(36-19)26(4,35)16-5-6-17(23(33)34)25(2,3)12-16/h7-11,13,16-17,22,35H,5-6,12H2,1-4H3,(H,33,34)(H,29,31,32)/t16-,17+,26?/m0/s1. The number of aromatic nitrogens is 3. The highest BCUT2D eigenvalue weighted by Crippen LogP contribution is 2.50. The molecule has 36 heavy (non-hydrogen) atoms. The summed E-state index contributed by atoms with van der Waals surface area (Å²) in [5.74, 6) is -0.628. The number of aliphatic carboxylic acids is 1. The van der Waals surface area contributed by atoms with Crippen LogP contribution in [0.2, 0.25) is 0 Å². The number of pyridine rings is 2. The van der Waals surface area contributed by atoms with Crippen molar-refractivity contribution in [1.82, 2.24) is 15.0 Å². The smallest absolute Gasteiger partial charge is 0.307 e. The molecule has 4 rings (SSSR count). The predicted molar refractivity (Wildman–Crippen MR) is 134 cm³/mol. The number of aryl methyl sites for hydroxylation is 1. The number of hydrogen-bond donors (Lipinski definition) is 3. The van der Waals surface area contributed by atoms with Crippen LogP contribution in [0.5, 0.6) is 0 Å². The van der Waals surface area contributed by atoms with Gasteiger partial charge in [-0.2, -0.15) is 0 Å². The minimum atomic E-state index is -2.59. The lowest BCUT2D eigenvalue weighted by molar-refractivity contribution is -0.151. The first-order chi connectivity index (χ1) is 16.9. The Morgan fingerprint density at radius 3 is 2.64 bits per heavy atom. The summed E-state index contributed by atoms with van der Waals surface area (Å²) in [4.78, 5) is 25.6. The molecule has 0 aliphatic heterocycles. The highest BCUT2D eigenvalue weighted by atomic mass is 32.1. The van der Waals surface area contributed by atoms with Gasteiger partial charge in [0, 0.05) is 18.0 Å². The van der Waals surface area contributed by atoms with Gasteiger partial charge in [-0.1, -0.05) is 13.8 Å². The van der Waals surface area contributed by atoms with Gasteiger partial charge in [0.15, 0.2) is 0 Å². The molecule has 0 amide bonds. The second-order valence-corrected chi connectivity index (χ2v) is 11.4. The monoisotopic (exact) mass is 516 g/mol. The number of alkyl halides is 2. The maximum absolute atomic E-state index is 13.0. The number of nitrogens with zero attached hydrogens (tertiary/aromatic N) is 3. The van der Waals surface area contributed by atoms with E-state index >= 15 is 0 Å². The Morgan fingerprint density at radius 2 is 1.97 bits per heavy atom. The molecule has 3 aromatic rings. The third-order valence-corrected chi connectivity index (χ3v) is 8.31. The molecule has 1 aliphatic rings. The van der Waals surface area contributed by atoms with Crippen molar-refractivity contribution >= 4 is 28.9 Å². The van der Waals surface area contributed by atoms with E-state index in [0.717, 1.165) is 10.4 Å². The molecule has 7 nitrogen and oxygen atoms in total. The van der Waals surface area contributed by atoms with E-state index in [1.165, 1.54) is 29.7 Å². The minimum Gasteiger partial charge on any atom is -0.481 e. The van der Waals surface area contributed by atoms with E-state index < -0.39 is 29.3 Å². The number of aliphatic hydroxyl groups is 1. The predicted octanol–water partition coefficient (Wildman–Crippen LogP) is 6.32. The number of halogens is 2. The van der Waals surface area contributed by atoms with Crippen LogP contribution < -0.4 is 5.32 Å². The van der Waals surface area contributed by atoms with E-state index in [1.807, 2.05) is 26.8 Å². The average molecular weight is 517 g/mol. The van der Waals surface area contributed by atoms with Crippen LogP contribution in [0.25, 0.3) is 10.6 Å². The molecule has 10 heteroatoms. The summed E-state index contributed by atoms with van der Waals surface area (Å²) in [6.45, 7) is 7.53. The third-order valence-electron chi connectivity index (χ3n) is 7.07. The van der Waals surface area contributed by atoms with Crippen LogP contribution >= 0.6 is 11.3 Å². The van der Waals surface area contributed by atoms with Gasteiger partial charge in [0.25, 0.3) is 6.43 Å². The first-order valence-corrected chi connectivity index (χ1v) is 12.6. The molecule has 192 valence electrons. The fourth-order valence-corrected chi connectivity index (χ4v) is 6.02. The second kappa shape index (κ2) is 9.82. The molecular formula is C26H30F2N4O3S. The van der Waals surface area contributed by atoms with E-state index in [4.69, 9.17) is 0 Å². The topological polar surface area (TPSA) is 108 Å².